The van der Waals surface area contributed by atoms with Crippen LogP contribution in [0.4, 0.5) is 13.2 Å². The van der Waals surface area contributed by atoms with Gasteiger partial charge in [0.2, 0.25) is 0 Å². The number of hydrogen-bond acceptors (Lipinski definition) is 3. The third-order valence-electron chi connectivity index (χ3n) is 2.13. The molecule has 1 N–H and O–H groups in total. The highest BCUT2D eigenvalue weighted by atomic mass is 32.1. The molecule has 1 aromatic heterocycles. The zero-order valence-electron chi connectivity index (χ0n) is 7.54. The van der Waals surface area contributed by atoms with Gasteiger partial charge in [0.05, 0.1) is 19.1 Å². The molecule has 15 heavy (non-hydrogen) atoms. The van der Waals surface area contributed by atoms with Gasteiger partial charge in [0.15, 0.2) is 4.77 Å². The van der Waals surface area contributed by atoms with Crippen LogP contribution in [0.2, 0.25) is 0 Å². The third-order valence-corrected chi connectivity index (χ3v) is 2.44. The van der Waals surface area contributed by atoms with E-state index >= 15 is 0 Å². The highest BCUT2D eigenvalue weighted by Gasteiger charge is 2.33. The fourth-order valence-corrected chi connectivity index (χ4v) is 1.56. The first-order valence-corrected chi connectivity index (χ1v) is 4.68. The lowest BCUT2D eigenvalue weighted by Gasteiger charge is -2.25. The Morgan fingerprint density at radius 2 is 2.20 bits per heavy atom. The summed E-state index contributed by atoms with van der Waals surface area (Å²) in [6.45, 7) is -0.302. The Morgan fingerprint density at radius 1 is 1.53 bits per heavy atom. The SMILES string of the molecule is FC(F)(F)Cn1c(C2COC2)n[nH]c1=S. The molecule has 1 aliphatic heterocycles. The van der Waals surface area contributed by atoms with E-state index in [9.17, 15) is 13.2 Å². The summed E-state index contributed by atoms with van der Waals surface area (Å²) in [6.07, 6.45) is -4.29. The van der Waals surface area contributed by atoms with Crippen LogP contribution in [0.25, 0.3) is 0 Å². The van der Waals surface area contributed by atoms with Crippen molar-refractivity contribution in [3.05, 3.63) is 10.6 Å². The zero-order valence-corrected chi connectivity index (χ0v) is 8.36. The van der Waals surface area contributed by atoms with E-state index in [1.54, 1.807) is 0 Å². The second-order valence-electron chi connectivity index (χ2n) is 3.32. The lowest BCUT2D eigenvalue weighted by molar-refractivity contribution is -0.142. The molecular weight excluding hydrogens is 231 g/mol. The third kappa shape index (κ3) is 2.20. The van der Waals surface area contributed by atoms with Crippen molar-refractivity contribution < 1.29 is 17.9 Å². The highest BCUT2D eigenvalue weighted by molar-refractivity contribution is 7.71. The molecule has 84 valence electrons. The minimum Gasteiger partial charge on any atom is -0.380 e. The normalized spacial score (nSPS) is 17.8. The number of nitrogens with zero attached hydrogens (tertiary/aromatic N) is 2. The summed E-state index contributed by atoms with van der Waals surface area (Å²) in [7, 11) is 0. The molecule has 1 saturated heterocycles. The average Bonchev–Trinajstić information content (AvgIpc) is 2.30. The quantitative estimate of drug-likeness (QED) is 0.797. The number of rotatable bonds is 2. The molecule has 0 spiro atoms. The van der Waals surface area contributed by atoms with Crippen LogP contribution >= 0.6 is 12.2 Å². The molecule has 1 fully saturated rings. The summed E-state index contributed by atoms with van der Waals surface area (Å²) in [5.74, 6) is 0.240. The molecule has 8 heteroatoms. The molecule has 0 radical (unpaired) electrons. The van der Waals surface area contributed by atoms with Crippen LogP contribution in [0, 0.1) is 4.77 Å². The van der Waals surface area contributed by atoms with Crippen LogP contribution in [0.1, 0.15) is 11.7 Å². The van der Waals surface area contributed by atoms with Crippen LogP contribution < -0.4 is 0 Å². The molecule has 0 aromatic carbocycles. The van der Waals surface area contributed by atoms with Crippen LogP contribution in [-0.4, -0.2) is 34.2 Å². The van der Waals surface area contributed by atoms with E-state index in [-0.39, 0.29) is 10.7 Å². The lowest BCUT2D eigenvalue weighted by Crippen LogP contribution is -2.30. The van der Waals surface area contributed by atoms with Crippen molar-refractivity contribution in [2.75, 3.05) is 13.2 Å². The number of alkyl halides is 3. The van der Waals surface area contributed by atoms with Crippen LogP contribution in [-0.2, 0) is 11.3 Å². The molecule has 0 amide bonds. The van der Waals surface area contributed by atoms with E-state index in [2.05, 4.69) is 10.2 Å². The Kier molecular flexibility index (Phi) is 2.55. The summed E-state index contributed by atoms with van der Waals surface area (Å²) >= 11 is 4.74. The van der Waals surface area contributed by atoms with Gasteiger partial charge in [-0.3, -0.25) is 9.67 Å². The van der Waals surface area contributed by atoms with Crippen molar-refractivity contribution in [3.8, 4) is 0 Å². The Bertz CT molecular complexity index is 406. The van der Waals surface area contributed by atoms with Gasteiger partial charge in [0.1, 0.15) is 12.4 Å². The monoisotopic (exact) mass is 239 g/mol. The van der Waals surface area contributed by atoms with Gasteiger partial charge >= 0.3 is 6.18 Å². The number of nitrogens with one attached hydrogen (secondary N) is 1. The predicted octanol–water partition coefficient (Wildman–Crippen LogP) is 1.62. The van der Waals surface area contributed by atoms with E-state index in [1.165, 1.54) is 0 Å². The second-order valence-corrected chi connectivity index (χ2v) is 3.71. The van der Waals surface area contributed by atoms with Crippen LogP contribution in [0.5, 0.6) is 0 Å². The van der Waals surface area contributed by atoms with Gasteiger partial charge in [-0.05, 0) is 12.2 Å². The number of aromatic nitrogens is 3. The van der Waals surface area contributed by atoms with E-state index in [0.717, 1.165) is 4.57 Å². The number of H-pyrrole nitrogens is 1. The fourth-order valence-electron chi connectivity index (χ4n) is 1.36. The number of aromatic amines is 1. The minimum absolute atomic E-state index is 0.00535. The lowest BCUT2D eigenvalue weighted by atomic mass is 10.1. The highest BCUT2D eigenvalue weighted by Crippen LogP contribution is 2.25. The van der Waals surface area contributed by atoms with Gasteiger partial charge in [-0.15, -0.1) is 0 Å². The van der Waals surface area contributed by atoms with Crippen molar-refractivity contribution >= 4 is 12.2 Å². The van der Waals surface area contributed by atoms with E-state index in [1.807, 2.05) is 0 Å². The Morgan fingerprint density at radius 3 is 2.67 bits per heavy atom. The summed E-state index contributed by atoms with van der Waals surface area (Å²) in [5.41, 5.74) is 0. The Labute approximate surface area is 88.0 Å². The molecule has 0 aliphatic carbocycles. The second kappa shape index (κ2) is 3.60. The molecule has 2 rings (SSSR count). The molecule has 1 aromatic rings. The van der Waals surface area contributed by atoms with Gasteiger partial charge in [-0.1, -0.05) is 0 Å². The van der Waals surface area contributed by atoms with Gasteiger partial charge < -0.3 is 4.74 Å². The standard InChI is InChI=1S/C7H8F3N3OS/c8-7(9,10)3-13-5(4-1-14-2-4)11-12-6(13)15/h4H,1-3H2,(H,12,15). The van der Waals surface area contributed by atoms with Crippen molar-refractivity contribution in [1.29, 1.82) is 0 Å². The topological polar surface area (TPSA) is 42.8 Å². The van der Waals surface area contributed by atoms with Gasteiger partial charge in [0, 0.05) is 0 Å². The molecule has 2 heterocycles. The maximum atomic E-state index is 12.2. The van der Waals surface area contributed by atoms with Crippen LogP contribution in [0.3, 0.4) is 0 Å². The van der Waals surface area contributed by atoms with E-state index in [4.69, 9.17) is 17.0 Å². The van der Waals surface area contributed by atoms with Gasteiger partial charge in [-0.25, -0.2) is 0 Å². The predicted molar refractivity (Wildman–Crippen MR) is 47.0 cm³/mol. The molecule has 0 unspecified atom stereocenters. The zero-order chi connectivity index (χ0) is 11.1. The summed E-state index contributed by atoms with van der Waals surface area (Å²) < 4.78 is 42.5. The molecule has 0 atom stereocenters. The smallest absolute Gasteiger partial charge is 0.380 e. The summed E-state index contributed by atoms with van der Waals surface area (Å²) in [5, 5.41) is 6.16. The van der Waals surface area contributed by atoms with E-state index in [0.29, 0.717) is 19.0 Å². The fraction of sp³-hybridized carbons (Fsp3) is 0.714. The largest absolute Gasteiger partial charge is 0.406 e. The van der Waals surface area contributed by atoms with Crippen molar-refractivity contribution in [1.82, 2.24) is 14.8 Å². The van der Waals surface area contributed by atoms with Crippen LogP contribution in [0.15, 0.2) is 0 Å². The molecule has 4 nitrogen and oxygen atoms in total. The maximum Gasteiger partial charge on any atom is 0.406 e. The molecule has 0 bridgehead atoms. The van der Waals surface area contributed by atoms with Crippen molar-refractivity contribution in [2.45, 2.75) is 18.6 Å². The maximum absolute atomic E-state index is 12.2. The minimum atomic E-state index is -4.29. The van der Waals surface area contributed by atoms with Gasteiger partial charge in [0.25, 0.3) is 0 Å². The molecule has 1 aliphatic rings. The first-order valence-electron chi connectivity index (χ1n) is 4.27. The van der Waals surface area contributed by atoms with Crippen molar-refractivity contribution in [2.24, 2.45) is 0 Å². The molecular formula is C7H8F3N3OS. The number of halogens is 3. The number of ether oxygens (including phenoxy) is 1. The Hall–Kier alpha value is -0.890. The molecule has 0 saturated carbocycles. The Balaban J connectivity index is 2.27. The summed E-state index contributed by atoms with van der Waals surface area (Å²) in [6, 6.07) is 0. The van der Waals surface area contributed by atoms with Crippen molar-refractivity contribution in [3.63, 3.8) is 0 Å². The first kappa shape index (κ1) is 10.6. The van der Waals surface area contributed by atoms with Gasteiger partial charge in [-0.2, -0.15) is 18.3 Å². The van der Waals surface area contributed by atoms with E-state index < -0.39 is 12.7 Å². The summed E-state index contributed by atoms with van der Waals surface area (Å²) in [4.78, 5) is 0. The average molecular weight is 239 g/mol. The first-order chi connectivity index (χ1) is 6.97. The number of hydrogen-bond donors (Lipinski definition) is 1.